The fourth-order valence-electron chi connectivity index (χ4n) is 2.75. The van der Waals surface area contributed by atoms with E-state index in [9.17, 15) is 0 Å². The van der Waals surface area contributed by atoms with Gasteiger partial charge in [-0.15, -0.1) is 0 Å². The first kappa shape index (κ1) is 14.4. The fraction of sp³-hybridized carbons (Fsp3) is 0.105. The Kier molecular flexibility index (Phi) is 3.46. The van der Waals surface area contributed by atoms with Crippen molar-refractivity contribution in [2.75, 3.05) is 11.9 Å². The van der Waals surface area contributed by atoms with Crippen LogP contribution >= 0.6 is 0 Å². The summed E-state index contributed by atoms with van der Waals surface area (Å²) in [4.78, 5) is 11.6. The maximum absolute atomic E-state index is 4.82. The molecule has 118 valence electrons. The number of hydrogen-bond acceptors (Lipinski definition) is 4. The summed E-state index contributed by atoms with van der Waals surface area (Å²) in [6, 6.07) is 20.2. The van der Waals surface area contributed by atoms with Gasteiger partial charge in [0.05, 0.1) is 11.6 Å². The highest BCUT2D eigenvalue weighted by Crippen LogP contribution is 2.30. The van der Waals surface area contributed by atoms with Crippen LogP contribution in [0.5, 0.6) is 0 Å². The molecule has 0 amide bonds. The quantitative estimate of drug-likeness (QED) is 0.577. The number of nitrogens with zero attached hydrogens (tertiary/aromatic N) is 5. The summed E-state index contributed by atoms with van der Waals surface area (Å²) < 4.78 is 1.78. The van der Waals surface area contributed by atoms with Gasteiger partial charge in [0.1, 0.15) is 5.82 Å². The van der Waals surface area contributed by atoms with Crippen molar-refractivity contribution < 1.29 is 0 Å². The Morgan fingerprint density at radius 3 is 2.25 bits per heavy atom. The van der Waals surface area contributed by atoms with Crippen molar-refractivity contribution in [3.63, 3.8) is 0 Å². The van der Waals surface area contributed by atoms with E-state index in [1.54, 1.807) is 4.68 Å². The minimum absolute atomic E-state index is 0.699. The molecule has 0 atom stereocenters. The lowest BCUT2D eigenvalue weighted by atomic mass is 10.2. The number of aromatic nitrogens is 4. The zero-order valence-electron chi connectivity index (χ0n) is 13.6. The average molecular weight is 315 g/mol. The van der Waals surface area contributed by atoms with Gasteiger partial charge in [0.15, 0.2) is 11.5 Å². The summed E-state index contributed by atoms with van der Waals surface area (Å²) >= 11 is 0. The lowest BCUT2D eigenvalue weighted by Gasteiger charge is -2.19. The molecule has 0 aliphatic rings. The van der Waals surface area contributed by atoms with Crippen LogP contribution in [0.25, 0.3) is 22.4 Å². The standard InChI is InChI=1S/C19H17N5/c1-23(15-11-7-4-8-12-15)18-16-13-20-24(2)19(16)22-17(21-18)14-9-5-3-6-10-14/h3-13H,1-2H3. The summed E-state index contributed by atoms with van der Waals surface area (Å²) in [5.74, 6) is 1.54. The fourth-order valence-corrected chi connectivity index (χ4v) is 2.75. The van der Waals surface area contributed by atoms with E-state index in [-0.39, 0.29) is 0 Å². The van der Waals surface area contributed by atoms with Crippen molar-refractivity contribution in [2.45, 2.75) is 0 Å². The third-order valence-corrected chi connectivity index (χ3v) is 4.07. The molecule has 2 heterocycles. The minimum Gasteiger partial charge on any atom is -0.329 e. The van der Waals surface area contributed by atoms with E-state index in [0.717, 1.165) is 28.1 Å². The van der Waals surface area contributed by atoms with Crippen molar-refractivity contribution in [1.82, 2.24) is 19.7 Å². The molecule has 0 saturated heterocycles. The second-order valence-electron chi connectivity index (χ2n) is 5.64. The van der Waals surface area contributed by atoms with Crippen molar-refractivity contribution >= 4 is 22.5 Å². The maximum atomic E-state index is 4.82. The van der Waals surface area contributed by atoms with Crippen LogP contribution in [0, 0.1) is 0 Å². The van der Waals surface area contributed by atoms with Crippen LogP contribution in [0.4, 0.5) is 11.5 Å². The Labute approximate surface area is 140 Å². The summed E-state index contributed by atoms with van der Waals surface area (Å²) in [7, 11) is 3.91. The van der Waals surface area contributed by atoms with E-state index >= 15 is 0 Å². The zero-order valence-corrected chi connectivity index (χ0v) is 13.6. The van der Waals surface area contributed by atoms with Crippen molar-refractivity contribution in [3.8, 4) is 11.4 Å². The number of aryl methyl sites for hydroxylation is 1. The number of hydrogen-bond donors (Lipinski definition) is 0. The van der Waals surface area contributed by atoms with Crippen LogP contribution in [0.15, 0.2) is 66.9 Å². The van der Waals surface area contributed by atoms with Crippen molar-refractivity contribution in [3.05, 3.63) is 66.9 Å². The molecule has 5 heteroatoms. The van der Waals surface area contributed by atoms with Gasteiger partial charge in [0.2, 0.25) is 0 Å². The zero-order chi connectivity index (χ0) is 16.5. The third-order valence-electron chi connectivity index (χ3n) is 4.07. The topological polar surface area (TPSA) is 46.8 Å². The molecule has 0 spiro atoms. The molecule has 0 aliphatic heterocycles. The van der Waals surface area contributed by atoms with Crippen LogP contribution in [0.1, 0.15) is 0 Å². The predicted octanol–water partition coefficient (Wildman–Crippen LogP) is 3.80. The van der Waals surface area contributed by atoms with E-state index in [1.807, 2.05) is 68.8 Å². The SMILES string of the molecule is CN(c1ccccc1)c1nc(-c2ccccc2)nc2c1cnn2C. The number of anilines is 2. The van der Waals surface area contributed by atoms with Gasteiger partial charge in [-0.3, -0.25) is 4.68 Å². The maximum Gasteiger partial charge on any atom is 0.164 e. The van der Waals surface area contributed by atoms with Gasteiger partial charge in [-0.1, -0.05) is 48.5 Å². The molecule has 2 aromatic heterocycles. The first-order valence-electron chi connectivity index (χ1n) is 7.78. The molecule has 4 rings (SSSR count). The molecule has 24 heavy (non-hydrogen) atoms. The Hall–Kier alpha value is -3.21. The lowest BCUT2D eigenvalue weighted by molar-refractivity contribution is 0.786. The van der Waals surface area contributed by atoms with Gasteiger partial charge in [-0.05, 0) is 12.1 Å². The molecule has 0 fully saturated rings. The van der Waals surface area contributed by atoms with E-state index in [0.29, 0.717) is 5.82 Å². The van der Waals surface area contributed by atoms with Crippen molar-refractivity contribution in [2.24, 2.45) is 7.05 Å². The van der Waals surface area contributed by atoms with Gasteiger partial charge >= 0.3 is 0 Å². The van der Waals surface area contributed by atoms with Gasteiger partial charge in [-0.25, -0.2) is 9.97 Å². The molecule has 0 aliphatic carbocycles. The molecular formula is C19H17N5. The molecule has 4 aromatic rings. The van der Waals surface area contributed by atoms with E-state index in [4.69, 9.17) is 9.97 Å². The Balaban J connectivity index is 1.94. The molecule has 0 bridgehead atoms. The second-order valence-corrected chi connectivity index (χ2v) is 5.64. The Morgan fingerprint density at radius 2 is 1.54 bits per heavy atom. The van der Waals surface area contributed by atoms with Crippen molar-refractivity contribution in [1.29, 1.82) is 0 Å². The van der Waals surface area contributed by atoms with Crippen LogP contribution in [-0.2, 0) is 7.05 Å². The Morgan fingerprint density at radius 1 is 0.875 bits per heavy atom. The highest BCUT2D eigenvalue weighted by atomic mass is 15.3. The summed E-state index contributed by atoms with van der Waals surface area (Å²) in [5, 5.41) is 5.29. The van der Waals surface area contributed by atoms with Crippen LogP contribution in [0.3, 0.4) is 0 Å². The smallest absolute Gasteiger partial charge is 0.164 e. The molecule has 0 saturated carbocycles. The normalized spacial score (nSPS) is 10.9. The van der Waals surface area contributed by atoms with Gasteiger partial charge < -0.3 is 4.90 Å². The third kappa shape index (κ3) is 2.40. The van der Waals surface area contributed by atoms with E-state index in [1.165, 1.54) is 0 Å². The summed E-state index contributed by atoms with van der Waals surface area (Å²) in [6.45, 7) is 0. The van der Waals surface area contributed by atoms with Gasteiger partial charge in [0, 0.05) is 25.3 Å². The van der Waals surface area contributed by atoms with Crippen LogP contribution < -0.4 is 4.90 Å². The Bertz CT molecular complexity index is 977. The van der Waals surface area contributed by atoms with Gasteiger partial charge in [-0.2, -0.15) is 5.10 Å². The first-order chi connectivity index (χ1) is 11.7. The van der Waals surface area contributed by atoms with E-state index < -0.39 is 0 Å². The average Bonchev–Trinajstić information content (AvgIpc) is 3.03. The second kappa shape index (κ2) is 5.77. The van der Waals surface area contributed by atoms with Crippen LogP contribution in [-0.4, -0.2) is 26.8 Å². The molecule has 0 N–H and O–H groups in total. The lowest BCUT2D eigenvalue weighted by Crippen LogP contribution is -2.12. The molecule has 0 radical (unpaired) electrons. The van der Waals surface area contributed by atoms with E-state index in [2.05, 4.69) is 22.1 Å². The monoisotopic (exact) mass is 315 g/mol. The predicted molar refractivity (Wildman–Crippen MR) is 96.2 cm³/mol. The number of benzene rings is 2. The number of para-hydroxylation sites is 1. The first-order valence-corrected chi connectivity index (χ1v) is 7.78. The molecular weight excluding hydrogens is 298 g/mol. The largest absolute Gasteiger partial charge is 0.329 e. The molecule has 2 aromatic carbocycles. The van der Waals surface area contributed by atoms with Gasteiger partial charge in [0.25, 0.3) is 0 Å². The highest BCUT2D eigenvalue weighted by Gasteiger charge is 2.16. The minimum atomic E-state index is 0.699. The summed E-state index contributed by atoms with van der Waals surface area (Å²) in [5.41, 5.74) is 2.88. The van der Waals surface area contributed by atoms with Crippen LogP contribution in [0.2, 0.25) is 0 Å². The molecule has 0 unspecified atom stereocenters. The number of fused-ring (bicyclic) bond motifs is 1. The highest BCUT2D eigenvalue weighted by molar-refractivity contribution is 5.90. The number of rotatable bonds is 3. The summed E-state index contributed by atoms with van der Waals surface area (Å²) in [6.07, 6.45) is 1.82. The molecule has 5 nitrogen and oxygen atoms in total.